The number of hydrogen-bond donors (Lipinski definition) is 0. The molecule has 1 nitrogen and oxygen atoms in total. The average molecular weight is 256 g/mol. The quantitative estimate of drug-likeness (QED) is 0.792. The van der Waals surface area contributed by atoms with E-state index in [2.05, 4.69) is 6.07 Å². The zero-order valence-electron chi connectivity index (χ0n) is 11.0. The van der Waals surface area contributed by atoms with Crippen molar-refractivity contribution in [2.75, 3.05) is 7.11 Å². The molecule has 0 saturated heterocycles. The lowest BCUT2D eigenvalue weighted by Crippen LogP contribution is -2.43. The molecule has 0 aliphatic heterocycles. The van der Waals surface area contributed by atoms with Gasteiger partial charge in [-0.15, -0.1) is 0 Å². The van der Waals surface area contributed by atoms with Gasteiger partial charge in [0.2, 0.25) is 0 Å². The van der Waals surface area contributed by atoms with Crippen molar-refractivity contribution in [2.45, 2.75) is 24.6 Å². The smallest absolute Gasteiger partial charge is 0.149 e. The summed E-state index contributed by atoms with van der Waals surface area (Å²) >= 11 is 0. The minimum Gasteiger partial charge on any atom is -0.366 e. The van der Waals surface area contributed by atoms with Crippen LogP contribution in [0.2, 0.25) is 0 Å². The van der Waals surface area contributed by atoms with E-state index in [0.29, 0.717) is 6.42 Å². The van der Waals surface area contributed by atoms with Crippen LogP contribution in [-0.4, -0.2) is 13.3 Å². The van der Waals surface area contributed by atoms with Crippen LogP contribution in [-0.2, 0) is 16.8 Å². The maximum atomic E-state index is 14.7. The molecule has 0 amide bonds. The second-order valence-electron chi connectivity index (χ2n) is 4.97. The van der Waals surface area contributed by atoms with E-state index in [-0.39, 0.29) is 0 Å². The highest BCUT2D eigenvalue weighted by Crippen LogP contribution is 2.44. The van der Waals surface area contributed by atoms with Gasteiger partial charge >= 0.3 is 0 Å². The third-order valence-corrected chi connectivity index (χ3v) is 4.05. The zero-order valence-corrected chi connectivity index (χ0v) is 11.0. The highest BCUT2D eigenvalue weighted by atomic mass is 19.1. The van der Waals surface area contributed by atoms with Crippen molar-refractivity contribution in [1.29, 1.82) is 0 Å². The third-order valence-electron chi connectivity index (χ3n) is 4.05. The highest BCUT2D eigenvalue weighted by molar-refractivity contribution is 5.45. The number of hydrogen-bond acceptors (Lipinski definition) is 1. The molecule has 0 radical (unpaired) electrons. The molecule has 2 heteroatoms. The molecule has 0 fully saturated rings. The van der Waals surface area contributed by atoms with E-state index in [1.165, 1.54) is 5.56 Å². The second-order valence-corrected chi connectivity index (χ2v) is 4.97. The van der Waals surface area contributed by atoms with E-state index >= 15 is 0 Å². The average Bonchev–Trinajstić information content (AvgIpc) is 2.48. The number of benzene rings is 2. The summed E-state index contributed by atoms with van der Waals surface area (Å²) in [5.41, 5.74) is 2.07. The molecular formula is C17H17FO. The van der Waals surface area contributed by atoms with Gasteiger partial charge in [0.05, 0.1) is 0 Å². The first-order chi connectivity index (χ1) is 9.29. The molecule has 0 aromatic heterocycles. The first kappa shape index (κ1) is 12.4. The number of halogens is 1. The van der Waals surface area contributed by atoms with Crippen LogP contribution in [0, 0.1) is 0 Å². The van der Waals surface area contributed by atoms with Crippen molar-refractivity contribution in [3.63, 3.8) is 0 Å². The van der Waals surface area contributed by atoms with Gasteiger partial charge in [-0.3, -0.25) is 0 Å². The molecular weight excluding hydrogens is 239 g/mol. The SMILES string of the molecule is CO[C@]1(c2ccccc2)c2ccccc2CC[C@H]1F. The van der Waals surface area contributed by atoms with Crippen molar-refractivity contribution in [1.82, 2.24) is 0 Å². The Balaban J connectivity index is 2.25. The molecule has 98 valence electrons. The van der Waals surface area contributed by atoms with E-state index in [1.54, 1.807) is 7.11 Å². The molecule has 2 atom stereocenters. The molecule has 0 unspecified atom stereocenters. The molecule has 2 aromatic carbocycles. The first-order valence-corrected chi connectivity index (χ1v) is 6.62. The van der Waals surface area contributed by atoms with Crippen molar-refractivity contribution in [3.05, 3.63) is 71.3 Å². The van der Waals surface area contributed by atoms with Gasteiger partial charge < -0.3 is 4.74 Å². The Morgan fingerprint density at radius 1 is 1.05 bits per heavy atom. The largest absolute Gasteiger partial charge is 0.366 e. The lowest BCUT2D eigenvalue weighted by Gasteiger charge is -2.41. The normalized spacial score (nSPS) is 25.9. The molecule has 19 heavy (non-hydrogen) atoms. The van der Waals surface area contributed by atoms with E-state index in [4.69, 9.17) is 4.74 Å². The van der Waals surface area contributed by atoms with E-state index in [9.17, 15) is 4.39 Å². The number of aryl methyl sites for hydroxylation is 1. The predicted octanol–water partition coefficient (Wildman–Crippen LogP) is 3.86. The van der Waals surface area contributed by atoms with E-state index in [1.807, 2.05) is 48.5 Å². The van der Waals surface area contributed by atoms with Crippen molar-refractivity contribution in [2.24, 2.45) is 0 Å². The van der Waals surface area contributed by atoms with Gasteiger partial charge in [0.1, 0.15) is 11.8 Å². The minimum absolute atomic E-state index is 0.500. The minimum atomic E-state index is -1.02. The molecule has 3 rings (SSSR count). The summed E-state index contributed by atoms with van der Waals surface area (Å²) in [7, 11) is 1.60. The molecule has 0 N–H and O–H groups in total. The van der Waals surface area contributed by atoms with Crippen LogP contribution < -0.4 is 0 Å². The summed E-state index contributed by atoms with van der Waals surface area (Å²) in [4.78, 5) is 0. The summed E-state index contributed by atoms with van der Waals surface area (Å²) in [5, 5.41) is 0. The Morgan fingerprint density at radius 2 is 1.74 bits per heavy atom. The summed E-state index contributed by atoms with van der Waals surface area (Å²) in [5.74, 6) is 0. The number of alkyl halides is 1. The van der Waals surface area contributed by atoms with Gasteiger partial charge in [-0.25, -0.2) is 4.39 Å². The molecule has 0 spiro atoms. The van der Waals surface area contributed by atoms with E-state index in [0.717, 1.165) is 17.5 Å². The summed E-state index contributed by atoms with van der Waals surface area (Å²) in [6.45, 7) is 0. The van der Waals surface area contributed by atoms with Gasteiger partial charge in [0, 0.05) is 7.11 Å². The van der Waals surface area contributed by atoms with Gasteiger partial charge in [-0.2, -0.15) is 0 Å². The fourth-order valence-corrected chi connectivity index (χ4v) is 3.13. The van der Waals surface area contributed by atoms with E-state index < -0.39 is 11.8 Å². The Labute approximate surface area is 113 Å². The molecule has 0 saturated carbocycles. The van der Waals surface area contributed by atoms with Crippen LogP contribution in [0.4, 0.5) is 4.39 Å². The lowest BCUT2D eigenvalue weighted by atomic mass is 9.73. The van der Waals surface area contributed by atoms with Gasteiger partial charge in [0.15, 0.2) is 0 Å². The monoisotopic (exact) mass is 256 g/mol. The fourth-order valence-electron chi connectivity index (χ4n) is 3.13. The van der Waals surface area contributed by atoms with Crippen molar-refractivity contribution >= 4 is 0 Å². The van der Waals surface area contributed by atoms with Gasteiger partial charge in [-0.1, -0.05) is 54.6 Å². The standard InChI is InChI=1S/C17H17FO/c1-19-17(14-8-3-2-4-9-14)15-10-6-5-7-13(15)11-12-16(17)18/h2-10,16H,11-12H2,1H3/t16-,17-/m1/s1. The Bertz CT molecular complexity index is 566. The van der Waals surface area contributed by atoms with Crippen molar-refractivity contribution < 1.29 is 9.13 Å². The molecule has 0 bridgehead atoms. The number of rotatable bonds is 2. The van der Waals surface area contributed by atoms with Crippen LogP contribution in [0.15, 0.2) is 54.6 Å². The summed E-state index contributed by atoms with van der Waals surface area (Å²) in [6, 6.07) is 17.7. The number of methoxy groups -OCH3 is 1. The Morgan fingerprint density at radius 3 is 2.47 bits per heavy atom. The van der Waals surface area contributed by atoms with Crippen LogP contribution >= 0.6 is 0 Å². The topological polar surface area (TPSA) is 9.23 Å². The van der Waals surface area contributed by atoms with Gasteiger partial charge in [-0.05, 0) is 29.5 Å². The second kappa shape index (κ2) is 4.78. The fraction of sp³-hybridized carbons (Fsp3) is 0.294. The number of fused-ring (bicyclic) bond motifs is 1. The molecule has 1 aliphatic rings. The third kappa shape index (κ3) is 1.79. The van der Waals surface area contributed by atoms with Crippen LogP contribution in [0.5, 0.6) is 0 Å². The predicted molar refractivity (Wildman–Crippen MR) is 73.9 cm³/mol. The number of ether oxygens (including phenoxy) is 1. The molecule has 1 aliphatic carbocycles. The van der Waals surface area contributed by atoms with Crippen molar-refractivity contribution in [3.8, 4) is 0 Å². The summed E-state index contributed by atoms with van der Waals surface area (Å²) in [6.07, 6.45) is 0.254. The lowest BCUT2D eigenvalue weighted by molar-refractivity contribution is -0.0527. The van der Waals surface area contributed by atoms with Crippen LogP contribution in [0.25, 0.3) is 0 Å². The molecule has 2 aromatic rings. The summed E-state index contributed by atoms with van der Waals surface area (Å²) < 4.78 is 20.5. The Hall–Kier alpha value is -1.67. The van der Waals surface area contributed by atoms with Crippen LogP contribution in [0.3, 0.4) is 0 Å². The first-order valence-electron chi connectivity index (χ1n) is 6.62. The maximum Gasteiger partial charge on any atom is 0.149 e. The van der Waals surface area contributed by atoms with Gasteiger partial charge in [0.25, 0.3) is 0 Å². The van der Waals surface area contributed by atoms with Crippen LogP contribution in [0.1, 0.15) is 23.1 Å². The highest BCUT2D eigenvalue weighted by Gasteiger charge is 2.46. The zero-order chi connectivity index (χ0) is 13.3. The molecule has 0 heterocycles. The Kier molecular flexibility index (Phi) is 3.11. The maximum absolute atomic E-state index is 14.7.